The van der Waals surface area contributed by atoms with Gasteiger partial charge in [0.1, 0.15) is 24.0 Å². The molecule has 0 aromatic heterocycles. The fourth-order valence-electron chi connectivity index (χ4n) is 4.63. The van der Waals surface area contributed by atoms with E-state index in [1.165, 1.54) is 47.3 Å². The number of hydrogen-bond acceptors (Lipinski definition) is 5. The lowest BCUT2D eigenvalue weighted by atomic mass is 9.88. The van der Waals surface area contributed by atoms with Gasteiger partial charge in [0, 0.05) is 28.5 Å². The van der Waals surface area contributed by atoms with Crippen molar-refractivity contribution in [3.63, 3.8) is 0 Å². The van der Waals surface area contributed by atoms with Gasteiger partial charge in [-0.05, 0) is 84.8 Å². The van der Waals surface area contributed by atoms with E-state index in [-0.39, 0.29) is 17.6 Å². The number of nitrogens with zero attached hydrogens (tertiary/aromatic N) is 1. The van der Waals surface area contributed by atoms with Crippen molar-refractivity contribution < 1.29 is 28.2 Å². The van der Waals surface area contributed by atoms with Crippen molar-refractivity contribution in [2.24, 2.45) is 5.41 Å². The molecule has 0 unspecified atom stereocenters. The lowest BCUT2D eigenvalue weighted by molar-refractivity contribution is -0.0939. The Morgan fingerprint density at radius 1 is 1.06 bits per heavy atom. The first-order valence-corrected chi connectivity index (χ1v) is 12.7. The van der Waals surface area contributed by atoms with Gasteiger partial charge in [-0.1, -0.05) is 13.0 Å². The molecule has 1 aliphatic heterocycles. The van der Waals surface area contributed by atoms with Gasteiger partial charge in [-0.25, -0.2) is 13.6 Å². The van der Waals surface area contributed by atoms with E-state index in [9.17, 15) is 13.6 Å². The monoisotopic (exact) mass is 511 g/mol. The molecule has 0 spiro atoms. The molecule has 0 radical (unpaired) electrons. The number of rotatable bonds is 9. The van der Waals surface area contributed by atoms with Crippen LogP contribution in [-0.4, -0.2) is 30.8 Å². The Morgan fingerprint density at radius 2 is 1.72 bits per heavy atom. The quantitative estimate of drug-likeness (QED) is 0.341. The summed E-state index contributed by atoms with van der Waals surface area (Å²) in [6.45, 7) is 4.29. The van der Waals surface area contributed by atoms with Gasteiger partial charge in [-0.15, -0.1) is 0 Å². The van der Waals surface area contributed by atoms with E-state index in [4.69, 9.17) is 14.6 Å². The highest BCUT2D eigenvalue weighted by Crippen LogP contribution is 2.40. The maximum Gasteiger partial charge on any atom is 0.335 e. The predicted octanol–water partition coefficient (Wildman–Crippen LogP) is 6.28. The summed E-state index contributed by atoms with van der Waals surface area (Å²) in [7, 11) is 0. The first-order valence-electron chi connectivity index (χ1n) is 11.9. The number of aromatic carboxylic acids is 1. The Bertz CT molecular complexity index is 1260. The number of halogens is 2. The van der Waals surface area contributed by atoms with E-state index in [0.29, 0.717) is 30.4 Å². The lowest BCUT2D eigenvalue weighted by Crippen LogP contribution is -2.47. The SMILES string of the molecule is CC1(CN(Sc2cc(F)cc(F)c2)c2cc3c(cc2COc2ccc(C(=O)O)cc2)CCC3)COC1. The van der Waals surface area contributed by atoms with Gasteiger partial charge in [0.2, 0.25) is 0 Å². The molecule has 0 atom stereocenters. The average Bonchev–Trinajstić information content (AvgIpc) is 3.28. The van der Waals surface area contributed by atoms with Crippen LogP contribution in [0.2, 0.25) is 0 Å². The molecule has 1 fully saturated rings. The molecular weight excluding hydrogens is 484 g/mol. The number of benzene rings is 3. The molecule has 5 rings (SSSR count). The minimum atomic E-state index is -0.989. The van der Waals surface area contributed by atoms with Crippen molar-refractivity contribution in [3.8, 4) is 5.75 Å². The van der Waals surface area contributed by atoms with Crippen LogP contribution in [0.1, 0.15) is 40.4 Å². The minimum absolute atomic E-state index is 0.0807. The summed E-state index contributed by atoms with van der Waals surface area (Å²) in [6, 6.07) is 14.2. The second-order valence-corrected chi connectivity index (χ2v) is 10.9. The zero-order valence-corrected chi connectivity index (χ0v) is 20.7. The summed E-state index contributed by atoms with van der Waals surface area (Å²) < 4.78 is 41.6. The summed E-state index contributed by atoms with van der Waals surface area (Å²) >= 11 is 1.31. The van der Waals surface area contributed by atoms with E-state index >= 15 is 0 Å². The Balaban J connectivity index is 1.47. The van der Waals surface area contributed by atoms with E-state index < -0.39 is 17.6 Å². The molecule has 188 valence electrons. The van der Waals surface area contributed by atoms with Crippen LogP contribution in [0.25, 0.3) is 0 Å². The van der Waals surface area contributed by atoms with Crippen molar-refractivity contribution in [2.75, 3.05) is 24.1 Å². The average molecular weight is 512 g/mol. The van der Waals surface area contributed by atoms with Crippen LogP contribution in [-0.2, 0) is 24.2 Å². The molecule has 0 amide bonds. The molecule has 36 heavy (non-hydrogen) atoms. The number of ether oxygens (including phenoxy) is 2. The van der Waals surface area contributed by atoms with Gasteiger partial charge >= 0.3 is 5.97 Å². The van der Waals surface area contributed by atoms with Gasteiger partial charge in [-0.2, -0.15) is 0 Å². The topological polar surface area (TPSA) is 59.0 Å². The van der Waals surface area contributed by atoms with Gasteiger partial charge in [0.05, 0.1) is 24.5 Å². The summed E-state index contributed by atoms with van der Waals surface area (Å²) in [5, 5.41) is 9.14. The molecule has 3 aromatic carbocycles. The third-order valence-electron chi connectivity index (χ3n) is 6.54. The molecule has 1 heterocycles. The third kappa shape index (κ3) is 5.50. The van der Waals surface area contributed by atoms with Crippen molar-refractivity contribution in [1.29, 1.82) is 0 Å². The number of anilines is 1. The van der Waals surface area contributed by atoms with Crippen LogP contribution >= 0.6 is 11.9 Å². The number of carboxylic acids is 1. The molecule has 1 aliphatic carbocycles. The molecule has 1 N–H and O–H groups in total. The fraction of sp³-hybridized carbons (Fsp3) is 0.321. The normalized spacial score (nSPS) is 15.8. The number of carboxylic acid groups (broad SMARTS) is 1. The Labute approximate surface area is 213 Å². The van der Waals surface area contributed by atoms with Crippen LogP contribution < -0.4 is 9.04 Å². The van der Waals surface area contributed by atoms with Crippen molar-refractivity contribution in [2.45, 2.75) is 37.7 Å². The highest BCUT2D eigenvalue weighted by molar-refractivity contribution is 8.00. The van der Waals surface area contributed by atoms with Crippen LogP contribution in [0.3, 0.4) is 0 Å². The number of fused-ring (bicyclic) bond motifs is 1. The van der Waals surface area contributed by atoms with E-state index in [2.05, 4.69) is 23.4 Å². The summed E-state index contributed by atoms with van der Waals surface area (Å²) in [4.78, 5) is 11.6. The van der Waals surface area contributed by atoms with Crippen LogP contribution in [0.4, 0.5) is 14.5 Å². The minimum Gasteiger partial charge on any atom is -0.489 e. The predicted molar refractivity (Wildman–Crippen MR) is 135 cm³/mol. The lowest BCUT2D eigenvalue weighted by Gasteiger charge is -2.42. The first-order chi connectivity index (χ1) is 17.3. The number of hydrogen-bond donors (Lipinski definition) is 1. The molecule has 0 bridgehead atoms. The molecule has 0 saturated carbocycles. The molecule has 8 heteroatoms. The fourth-order valence-corrected chi connectivity index (χ4v) is 5.86. The summed E-state index contributed by atoms with van der Waals surface area (Å²) in [6.07, 6.45) is 3.08. The van der Waals surface area contributed by atoms with Gasteiger partial charge < -0.3 is 18.9 Å². The van der Waals surface area contributed by atoms with Gasteiger partial charge in [0.25, 0.3) is 0 Å². The smallest absolute Gasteiger partial charge is 0.335 e. The summed E-state index contributed by atoms with van der Waals surface area (Å²) in [5.41, 5.74) is 4.60. The van der Waals surface area contributed by atoms with Gasteiger partial charge in [0.15, 0.2) is 0 Å². The molecule has 1 saturated heterocycles. The Hall–Kier alpha value is -3.10. The van der Waals surface area contributed by atoms with E-state index in [1.54, 1.807) is 12.1 Å². The molecule has 3 aromatic rings. The highest BCUT2D eigenvalue weighted by atomic mass is 32.2. The van der Waals surface area contributed by atoms with Crippen molar-refractivity contribution in [1.82, 2.24) is 0 Å². The summed E-state index contributed by atoms with van der Waals surface area (Å²) in [5.74, 6) is -1.65. The van der Waals surface area contributed by atoms with Crippen molar-refractivity contribution >= 4 is 23.6 Å². The zero-order valence-electron chi connectivity index (χ0n) is 19.9. The Morgan fingerprint density at radius 3 is 2.33 bits per heavy atom. The van der Waals surface area contributed by atoms with Crippen LogP contribution in [0.5, 0.6) is 5.75 Å². The number of carbonyl (C=O) groups is 1. The third-order valence-corrected chi connectivity index (χ3v) is 7.53. The van der Waals surface area contributed by atoms with E-state index in [0.717, 1.165) is 36.6 Å². The largest absolute Gasteiger partial charge is 0.489 e. The first kappa shape index (κ1) is 24.6. The van der Waals surface area contributed by atoms with Crippen molar-refractivity contribution in [3.05, 3.63) is 88.5 Å². The highest BCUT2D eigenvalue weighted by Gasteiger charge is 2.36. The maximum absolute atomic E-state index is 14.0. The standard InChI is InChI=1S/C28H27F2NO4S/c1-28(16-34-17-28)15-31(36-25-12-22(29)11-23(30)13-25)26-10-20-4-2-3-19(20)9-21(26)14-35-24-7-5-18(6-8-24)27(32)33/h5-13H,2-4,14-17H2,1H3,(H,32,33). The zero-order chi connectivity index (χ0) is 25.3. The van der Waals surface area contributed by atoms with E-state index in [1.807, 2.05) is 0 Å². The Kier molecular flexibility index (Phi) is 6.90. The molecule has 2 aliphatic rings. The second-order valence-electron chi connectivity index (χ2n) is 9.76. The van der Waals surface area contributed by atoms with Crippen LogP contribution in [0.15, 0.2) is 59.5 Å². The maximum atomic E-state index is 14.0. The number of aryl methyl sites for hydroxylation is 2. The molecule has 5 nitrogen and oxygen atoms in total. The molecular formula is C28H27F2NO4S. The van der Waals surface area contributed by atoms with Crippen LogP contribution in [0, 0.1) is 17.0 Å². The van der Waals surface area contributed by atoms with Gasteiger partial charge in [-0.3, -0.25) is 0 Å². The second kappa shape index (κ2) is 10.1.